The molecule has 3 heteroatoms. The summed E-state index contributed by atoms with van der Waals surface area (Å²) in [4.78, 5) is 11.2. The van der Waals surface area contributed by atoms with Crippen LogP contribution in [0.1, 0.15) is 31.4 Å². The van der Waals surface area contributed by atoms with Gasteiger partial charge in [-0.3, -0.25) is 0 Å². The fourth-order valence-corrected chi connectivity index (χ4v) is 2.03. The number of carboxylic acid groups (broad SMARTS) is 1. The first kappa shape index (κ1) is 13.7. The van der Waals surface area contributed by atoms with Crippen molar-refractivity contribution in [2.75, 3.05) is 0 Å². The Hall–Kier alpha value is -1.35. The van der Waals surface area contributed by atoms with Crippen molar-refractivity contribution >= 4 is 5.97 Å². The van der Waals surface area contributed by atoms with Gasteiger partial charge >= 0.3 is 5.97 Å². The van der Waals surface area contributed by atoms with Crippen LogP contribution in [0.2, 0.25) is 0 Å². The summed E-state index contributed by atoms with van der Waals surface area (Å²) in [7, 11) is 0. The smallest absolute Gasteiger partial charge is 0.336 e. The Bertz CT molecular complexity index is 398. The molecule has 1 rings (SSSR count). The quantitative estimate of drug-likeness (QED) is 0.825. The number of aryl methyl sites for hydroxylation is 1. The van der Waals surface area contributed by atoms with Gasteiger partial charge in [-0.15, -0.1) is 0 Å². The van der Waals surface area contributed by atoms with Crippen LogP contribution in [0.25, 0.3) is 0 Å². The van der Waals surface area contributed by atoms with Gasteiger partial charge in [0.2, 0.25) is 0 Å². The minimum atomic E-state index is -1.67. The molecule has 0 aliphatic rings. The summed E-state index contributed by atoms with van der Waals surface area (Å²) in [5, 5.41) is 19.4. The molecule has 0 spiro atoms. The number of carbonyl (C=O) groups is 1. The van der Waals surface area contributed by atoms with Crippen LogP contribution in [-0.4, -0.2) is 21.8 Å². The summed E-state index contributed by atoms with van der Waals surface area (Å²) in [5.74, 6) is -1.01. The molecule has 0 saturated carbocycles. The average molecular weight is 236 g/mol. The number of aliphatic carboxylic acids is 1. The zero-order valence-electron chi connectivity index (χ0n) is 10.6. The van der Waals surface area contributed by atoms with E-state index in [4.69, 9.17) is 0 Å². The molecule has 0 fully saturated rings. The molecule has 1 atom stereocenters. The third-order valence-corrected chi connectivity index (χ3v) is 2.89. The molecule has 1 unspecified atom stereocenters. The number of benzene rings is 1. The molecule has 0 amide bonds. The van der Waals surface area contributed by atoms with E-state index < -0.39 is 11.6 Å². The van der Waals surface area contributed by atoms with Crippen molar-refractivity contribution in [3.63, 3.8) is 0 Å². The van der Waals surface area contributed by atoms with Gasteiger partial charge in [-0.2, -0.15) is 0 Å². The molecule has 17 heavy (non-hydrogen) atoms. The van der Waals surface area contributed by atoms with Crippen molar-refractivity contribution in [1.82, 2.24) is 0 Å². The molecule has 1 aromatic carbocycles. The molecule has 3 nitrogen and oxygen atoms in total. The second-order valence-corrected chi connectivity index (χ2v) is 5.04. The molecule has 0 bridgehead atoms. The highest BCUT2D eigenvalue weighted by molar-refractivity contribution is 5.77. The Labute approximate surface area is 102 Å². The third-order valence-electron chi connectivity index (χ3n) is 2.89. The summed E-state index contributed by atoms with van der Waals surface area (Å²) >= 11 is 0. The molecular formula is C14H20O3. The summed E-state index contributed by atoms with van der Waals surface area (Å²) in [5.41, 5.74) is 0.231. The van der Waals surface area contributed by atoms with Gasteiger partial charge in [-0.25, -0.2) is 4.79 Å². The van der Waals surface area contributed by atoms with Gasteiger partial charge in [0.05, 0.1) is 0 Å². The highest BCUT2D eigenvalue weighted by Crippen LogP contribution is 2.24. The van der Waals surface area contributed by atoms with E-state index >= 15 is 0 Å². The van der Waals surface area contributed by atoms with Crippen LogP contribution in [-0.2, 0) is 11.2 Å². The first-order valence-electron chi connectivity index (χ1n) is 5.85. The zero-order chi connectivity index (χ0) is 13.1. The molecule has 2 N–H and O–H groups in total. The van der Waals surface area contributed by atoms with Gasteiger partial charge in [0, 0.05) is 6.42 Å². The van der Waals surface area contributed by atoms with Crippen LogP contribution in [0.15, 0.2) is 24.3 Å². The summed E-state index contributed by atoms with van der Waals surface area (Å²) in [6.45, 7) is 5.74. The van der Waals surface area contributed by atoms with Crippen molar-refractivity contribution in [1.29, 1.82) is 0 Å². The number of carboxylic acids is 1. The molecular weight excluding hydrogens is 216 g/mol. The van der Waals surface area contributed by atoms with Crippen molar-refractivity contribution in [2.24, 2.45) is 5.92 Å². The lowest BCUT2D eigenvalue weighted by Crippen LogP contribution is -2.42. The molecule has 94 valence electrons. The highest BCUT2D eigenvalue weighted by atomic mass is 16.4. The van der Waals surface area contributed by atoms with E-state index in [1.54, 1.807) is 0 Å². The second-order valence-electron chi connectivity index (χ2n) is 5.04. The Balaban J connectivity index is 2.95. The van der Waals surface area contributed by atoms with Crippen LogP contribution in [0.5, 0.6) is 0 Å². The number of aliphatic hydroxyl groups is 1. The highest BCUT2D eigenvalue weighted by Gasteiger charge is 2.36. The second kappa shape index (κ2) is 5.32. The topological polar surface area (TPSA) is 57.5 Å². The van der Waals surface area contributed by atoms with Crippen molar-refractivity contribution in [2.45, 2.75) is 39.2 Å². The molecule has 0 aliphatic heterocycles. The molecule has 0 heterocycles. The van der Waals surface area contributed by atoms with E-state index in [-0.39, 0.29) is 18.8 Å². The van der Waals surface area contributed by atoms with Gasteiger partial charge < -0.3 is 10.2 Å². The fraction of sp³-hybridized carbons (Fsp3) is 0.500. The fourth-order valence-electron chi connectivity index (χ4n) is 2.03. The van der Waals surface area contributed by atoms with Gasteiger partial charge in [-0.1, -0.05) is 38.1 Å². The van der Waals surface area contributed by atoms with E-state index in [2.05, 4.69) is 0 Å². The molecule has 0 aliphatic carbocycles. The maximum absolute atomic E-state index is 11.2. The van der Waals surface area contributed by atoms with Crippen molar-refractivity contribution in [3.8, 4) is 0 Å². The lowest BCUT2D eigenvalue weighted by Gasteiger charge is -2.26. The van der Waals surface area contributed by atoms with Crippen LogP contribution in [0.4, 0.5) is 0 Å². The standard InChI is InChI=1S/C14H20O3/c1-10(2)8-14(17,13(15)16)9-12-7-5-4-6-11(12)3/h4-7,10,17H,8-9H2,1-3H3,(H,15,16). The predicted octanol–water partition coefficient (Wildman–Crippen LogP) is 2.40. The predicted molar refractivity (Wildman–Crippen MR) is 66.9 cm³/mol. The van der Waals surface area contributed by atoms with Crippen LogP contribution in [0, 0.1) is 12.8 Å². The molecule has 0 radical (unpaired) electrons. The van der Waals surface area contributed by atoms with Crippen LogP contribution >= 0.6 is 0 Å². The monoisotopic (exact) mass is 236 g/mol. The minimum Gasteiger partial charge on any atom is -0.479 e. The SMILES string of the molecule is Cc1ccccc1CC(O)(CC(C)C)C(=O)O. The lowest BCUT2D eigenvalue weighted by molar-refractivity contribution is -0.160. The maximum atomic E-state index is 11.2. The normalized spacial score (nSPS) is 14.6. The van der Waals surface area contributed by atoms with E-state index in [1.807, 2.05) is 45.0 Å². The largest absolute Gasteiger partial charge is 0.479 e. The number of hydrogen-bond donors (Lipinski definition) is 2. The first-order valence-corrected chi connectivity index (χ1v) is 5.85. The van der Waals surface area contributed by atoms with Gasteiger partial charge in [0.15, 0.2) is 5.60 Å². The van der Waals surface area contributed by atoms with Crippen molar-refractivity contribution < 1.29 is 15.0 Å². The van der Waals surface area contributed by atoms with Gasteiger partial charge in [-0.05, 0) is 30.4 Å². The summed E-state index contributed by atoms with van der Waals surface area (Å²) in [6, 6.07) is 7.55. The summed E-state index contributed by atoms with van der Waals surface area (Å²) in [6.07, 6.45) is 0.420. The minimum absolute atomic E-state index is 0.139. The van der Waals surface area contributed by atoms with Gasteiger partial charge in [0.25, 0.3) is 0 Å². The number of rotatable bonds is 5. The Kier molecular flexibility index (Phi) is 4.29. The Morgan fingerprint density at radius 1 is 1.35 bits per heavy atom. The molecule has 0 saturated heterocycles. The summed E-state index contributed by atoms with van der Waals surface area (Å²) < 4.78 is 0. The average Bonchev–Trinajstić information content (AvgIpc) is 2.20. The van der Waals surface area contributed by atoms with Crippen LogP contribution < -0.4 is 0 Å². The molecule has 0 aromatic heterocycles. The third kappa shape index (κ3) is 3.56. The van der Waals surface area contributed by atoms with Crippen molar-refractivity contribution in [3.05, 3.63) is 35.4 Å². The van der Waals surface area contributed by atoms with Gasteiger partial charge in [0.1, 0.15) is 0 Å². The van der Waals surface area contributed by atoms with E-state index in [9.17, 15) is 15.0 Å². The Morgan fingerprint density at radius 3 is 2.41 bits per heavy atom. The van der Waals surface area contributed by atoms with E-state index in [0.717, 1.165) is 11.1 Å². The molecule has 1 aromatic rings. The zero-order valence-corrected chi connectivity index (χ0v) is 10.6. The number of hydrogen-bond acceptors (Lipinski definition) is 2. The lowest BCUT2D eigenvalue weighted by atomic mass is 9.85. The first-order chi connectivity index (χ1) is 7.85. The maximum Gasteiger partial charge on any atom is 0.336 e. The van der Waals surface area contributed by atoms with E-state index in [0.29, 0.717) is 0 Å². The van der Waals surface area contributed by atoms with E-state index in [1.165, 1.54) is 0 Å². The Morgan fingerprint density at radius 2 is 1.94 bits per heavy atom. The van der Waals surface area contributed by atoms with Crippen LogP contribution in [0.3, 0.4) is 0 Å².